The van der Waals surface area contributed by atoms with Gasteiger partial charge < -0.3 is 18.9 Å². The van der Waals surface area contributed by atoms with Crippen molar-refractivity contribution in [2.45, 2.75) is 0 Å². The Morgan fingerprint density at radius 3 is 1.96 bits per heavy atom. The Morgan fingerprint density at radius 1 is 0.714 bits per heavy atom. The summed E-state index contributed by atoms with van der Waals surface area (Å²) in [6.07, 6.45) is 0. The highest BCUT2D eigenvalue weighted by atomic mass is 16.5. The van der Waals surface area contributed by atoms with Crippen LogP contribution >= 0.6 is 0 Å². The van der Waals surface area contributed by atoms with Gasteiger partial charge >= 0.3 is 0 Å². The quantitative estimate of drug-likeness (QED) is 0.602. The van der Waals surface area contributed by atoms with E-state index in [4.69, 9.17) is 18.9 Å². The number of rotatable bonds is 7. The van der Waals surface area contributed by atoms with Gasteiger partial charge in [0, 0.05) is 11.6 Å². The maximum absolute atomic E-state index is 12.2. The molecule has 0 aliphatic heterocycles. The molecule has 0 radical (unpaired) electrons. The fourth-order valence-corrected chi connectivity index (χ4v) is 2.64. The molecule has 0 aliphatic rings. The monoisotopic (exact) mass is 384 g/mol. The molecule has 146 valence electrons. The van der Waals surface area contributed by atoms with E-state index in [1.54, 1.807) is 57.7 Å². The van der Waals surface area contributed by atoms with Gasteiger partial charge in [0.1, 0.15) is 0 Å². The highest BCUT2D eigenvalue weighted by molar-refractivity contribution is 5.73. The van der Waals surface area contributed by atoms with Gasteiger partial charge in [-0.05, 0) is 30.3 Å². The molecule has 9 nitrogen and oxygen atoms in total. The van der Waals surface area contributed by atoms with Crippen LogP contribution in [0.1, 0.15) is 0 Å². The van der Waals surface area contributed by atoms with Gasteiger partial charge in [-0.25, -0.2) is 0 Å². The summed E-state index contributed by atoms with van der Waals surface area (Å²) in [7, 11) is 6.18. The minimum absolute atomic E-state index is 0.141. The maximum atomic E-state index is 12.2. The number of nitrogens with zero attached hydrogens (tertiary/aromatic N) is 2. The van der Waals surface area contributed by atoms with Crippen molar-refractivity contribution >= 4 is 11.4 Å². The summed E-state index contributed by atoms with van der Waals surface area (Å²) in [4.78, 5) is 12.2. The second-order valence-electron chi connectivity index (χ2n) is 5.61. The Hall–Kier alpha value is -3.75. The third-order valence-corrected chi connectivity index (χ3v) is 4.06. The molecule has 0 unspecified atom stereocenters. The minimum atomic E-state index is -0.394. The Kier molecular flexibility index (Phi) is 5.64. The summed E-state index contributed by atoms with van der Waals surface area (Å²) in [6, 6.07) is 10.4. The van der Waals surface area contributed by atoms with Crippen LogP contribution in [0.2, 0.25) is 0 Å². The Bertz CT molecular complexity index is 1050. The molecular formula is C19H20N4O5. The van der Waals surface area contributed by atoms with Crippen molar-refractivity contribution in [2.75, 3.05) is 28.4 Å². The van der Waals surface area contributed by atoms with Crippen LogP contribution in [0.4, 0.5) is 11.4 Å². The predicted octanol–water partition coefficient (Wildman–Crippen LogP) is 3.82. The van der Waals surface area contributed by atoms with E-state index in [1.165, 1.54) is 7.11 Å². The summed E-state index contributed by atoms with van der Waals surface area (Å²) >= 11 is 0. The molecule has 28 heavy (non-hydrogen) atoms. The molecule has 2 N–H and O–H groups in total. The fraction of sp³-hybridized carbons (Fsp3) is 0.211. The average molecular weight is 384 g/mol. The topological polar surface area (TPSA) is 110 Å². The van der Waals surface area contributed by atoms with Crippen molar-refractivity contribution < 1.29 is 18.9 Å². The second kappa shape index (κ2) is 8.30. The van der Waals surface area contributed by atoms with Crippen LogP contribution in [-0.4, -0.2) is 38.6 Å². The van der Waals surface area contributed by atoms with E-state index >= 15 is 0 Å². The second-order valence-corrected chi connectivity index (χ2v) is 5.61. The molecule has 3 rings (SSSR count). The zero-order chi connectivity index (χ0) is 20.1. The average Bonchev–Trinajstić information content (AvgIpc) is 3.11. The highest BCUT2D eigenvalue weighted by Crippen LogP contribution is 2.35. The number of ether oxygens (including phenoxy) is 4. The number of nitrogens with one attached hydrogen (secondary N) is 2. The highest BCUT2D eigenvalue weighted by Gasteiger charge is 2.14. The van der Waals surface area contributed by atoms with E-state index in [-0.39, 0.29) is 5.69 Å². The molecule has 3 aromatic rings. The summed E-state index contributed by atoms with van der Waals surface area (Å²) in [5, 5.41) is 13.6. The lowest BCUT2D eigenvalue weighted by Crippen LogP contribution is -1.96. The van der Waals surface area contributed by atoms with Gasteiger partial charge in [-0.2, -0.15) is 5.11 Å². The SMILES string of the molecule is COc1ccc(N=Nc2c(-c3ccc(OC)c(OC)c3)[nH][nH]c2=O)cc1OC. The van der Waals surface area contributed by atoms with Gasteiger partial charge in [-0.1, -0.05) is 0 Å². The van der Waals surface area contributed by atoms with Crippen LogP contribution < -0.4 is 24.5 Å². The van der Waals surface area contributed by atoms with Gasteiger partial charge in [0.25, 0.3) is 5.56 Å². The molecule has 0 saturated carbocycles. The number of methoxy groups -OCH3 is 4. The number of aromatic amines is 2. The first kappa shape index (κ1) is 19.0. The number of H-pyrrole nitrogens is 2. The van der Waals surface area contributed by atoms with E-state index in [1.807, 2.05) is 0 Å². The first-order valence-corrected chi connectivity index (χ1v) is 8.28. The predicted molar refractivity (Wildman–Crippen MR) is 104 cm³/mol. The van der Waals surface area contributed by atoms with Crippen LogP contribution in [0, 0.1) is 0 Å². The first-order valence-electron chi connectivity index (χ1n) is 8.28. The molecule has 0 amide bonds. The molecular weight excluding hydrogens is 364 g/mol. The fourth-order valence-electron chi connectivity index (χ4n) is 2.64. The lowest BCUT2D eigenvalue weighted by atomic mass is 10.1. The molecule has 9 heteroatoms. The molecule has 0 fully saturated rings. The molecule has 1 aromatic heterocycles. The van der Waals surface area contributed by atoms with E-state index < -0.39 is 5.56 Å². The van der Waals surface area contributed by atoms with Crippen LogP contribution in [0.3, 0.4) is 0 Å². The first-order chi connectivity index (χ1) is 13.6. The lowest BCUT2D eigenvalue weighted by molar-refractivity contribution is 0.355. The summed E-state index contributed by atoms with van der Waals surface area (Å²) in [6.45, 7) is 0. The Balaban J connectivity index is 1.98. The van der Waals surface area contributed by atoms with Crippen LogP contribution in [-0.2, 0) is 0 Å². The number of aromatic nitrogens is 2. The number of hydrogen-bond donors (Lipinski definition) is 2. The van der Waals surface area contributed by atoms with E-state index in [0.717, 1.165) is 0 Å². The van der Waals surface area contributed by atoms with Crippen LogP contribution in [0.25, 0.3) is 11.3 Å². The third kappa shape index (κ3) is 3.68. The molecule has 2 aromatic carbocycles. The molecule has 0 saturated heterocycles. The van der Waals surface area contributed by atoms with Gasteiger partial charge in [-0.15, -0.1) is 5.11 Å². The Labute approximate surface area is 160 Å². The zero-order valence-electron chi connectivity index (χ0n) is 15.9. The van der Waals surface area contributed by atoms with Crippen molar-refractivity contribution in [3.8, 4) is 34.3 Å². The normalized spacial score (nSPS) is 10.9. The summed E-state index contributed by atoms with van der Waals surface area (Å²) in [5.41, 5.74) is 1.43. The smallest absolute Gasteiger partial charge is 0.292 e. The van der Waals surface area contributed by atoms with Crippen molar-refractivity contribution in [1.82, 2.24) is 10.2 Å². The van der Waals surface area contributed by atoms with Gasteiger partial charge in [0.2, 0.25) is 0 Å². The van der Waals surface area contributed by atoms with Crippen molar-refractivity contribution in [2.24, 2.45) is 10.2 Å². The largest absolute Gasteiger partial charge is 0.493 e. The molecule has 0 aliphatic carbocycles. The number of azo groups is 1. The lowest BCUT2D eigenvalue weighted by Gasteiger charge is -2.09. The van der Waals surface area contributed by atoms with Crippen LogP contribution in [0.5, 0.6) is 23.0 Å². The van der Waals surface area contributed by atoms with Crippen molar-refractivity contribution in [1.29, 1.82) is 0 Å². The molecule has 0 bridgehead atoms. The zero-order valence-corrected chi connectivity index (χ0v) is 15.9. The maximum Gasteiger partial charge on any atom is 0.292 e. The van der Waals surface area contributed by atoms with Crippen molar-refractivity contribution in [3.63, 3.8) is 0 Å². The standard InChI is InChI=1S/C19H20N4O5/c1-25-13-7-5-11(9-15(13)27-3)17-18(19(24)23-21-17)22-20-12-6-8-14(26-2)16(10-12)28-4/h5-10H,1-4H3,(H2,21,23,24). The summed E-state index contributed by atoms with van der Waals surface area (Å²) < 4.78 is 21.0. The van der Waals surface area contributed by atoms with Gasteiger partial charge in [0.15, 0.2) is 28.7 Å². The molecule has 0 atom stereocenters. The van der Waals surface area contributed by atoms with E-state index in [0.29, 0.717) is 39.9 Å². The number of hydrogen-bond acceptors (Lipinski definition) is 7. The summed E-state index contributed by atoms with van der Waals surface area (Å²) in [5.74, 6) is 2.21. The minimum Gasteiger partial charge on any atom is -0.493 e. The van der Waals surface area contributed by atoms with Gasteiger partial charge in [-0.3, -0.25) is 15.0 Å². The number of benzene rings is 2. The van der Waals surface area contributed by atoms with E-state index in [2.05, 4.69) is 20.4 Å². The molecule has 0 spiro atoms. The third-order valence-electron chi connectivity index (χ3n) is 4.06. The van der Waals surface area contributed by atoms with Crippen LogP contribution in [0.15, 0.2) is 51.4 Å². The van der Waals surface area contributed by atoms with Crippen molar-refractivity contribution in [3.05, 3.63) is 46.8 Å². The van der Waals surface area contributed by atoms with Gasteiger partial charge in [0.05, 0.1) is 39.8 Å². The Morgan fingerprint density at radius 2 is 1.32 bits per heavy atom. The van der Waals surface area contributed by atoms with E-state index in [9.17, 15) is 4.79 Å². The molecule has 1 heterocycles.